The molecule has 2 heterocycles. The lowest BCUT2D eigenvalue weighted by atomic mass is 10.1. The van der Waals surface area contributed by atoms with Gasteiger partial charge in [0.25, 0.3) is 0 Å². The van der Waals surface area contributed by atoms with Crippen LogP contribution in [0.2, 0.25) is 5.02 Å². The van der Waals surface area contributed by atoms with E-state index in [-0.39, 0.29) is 5.75 Å². The van der Waals surface area contributed by atoms with Crippen LogP contribution in [0.3, 0.4) is 0 Å². The molecule has 0 spiro atoms. The SMILES string of the molecule is CCc1cc2c(CSc3nnc(-c4ccc(Cl)cc4)n3CCOC)cc(=O)oc2cc1O. The maximum Gasteiger partial charge on any atom is 0.336 e. The molecule has 4 rings (SSSR count). The molecule has 4 aromatic rings. The fraction of sp³-hybridized carbons (Fsp3) is 0.261. The first kappa shape index (κ1) is 22.4. The highest BCUT2D eigenvalue weighted by Gasteiger charge is 2.16. The number of nitrogens with zero attached hydrogens (tertiary/aromatic N) is 3. The van der Waals surface area contributed by atoms with Crippen LogP contribution in [0.15, 0.2) is 56.8 Å². The van der Waals surface area contributed by atoms with Gasteiger partial charge in [-0.15, -0.1) is 10.2 Å². The summed E-state index contributed by atoms with van der Waals surface area (Å²) in [6.45, 7) is 3.05. The Morgan fingerprint density at radius 3 is 2.66 bits per heavy atom. The molecular formula is C23H22ClN3O4S. The number of phenolic OH excluding ortho intramolecular Hbond substituents is 1. The average Bonchev–Trinajstić information content (AvgIpc) is 3.18. The highest BCUT2D eigenvalue weighted by Crippen LogP contribution is 2.31. The Labute approximate surface area is 194 Å². The van der Waals surface area contributed by atoms with Gasteiger partial charge in [0, 0.05) is 41.0 Å². The second kappa shape index (κ2) is 9.77. The molecule has 0 aliphatic heterocycles. The molecular weight excluding hydrogens is 450 g/mol. The number of hydrogen-bond acceptors (Lipinski definition) is 7. The van der Waals surface area contributed by atoms with Crippen LogP contribution >= 0.6 is 23.4 Å². The monoisotopic (exact) mass is 471 g/mol. The van der Waals surface area contributed by atoms with Gasteiger partial charge in [-0.3, -0.25) is 4.57 Å². The van der Waals surface area contributed by atoms with Crippen molar-refractivity contribution in [1.29, 1.82) is 0 Å². The molecule has 0 unspecified atom stereocenters. The number of aryl methyl sites for hydroxylation is 1. The molecule has 0 amide bonds. The van der Waals surface area contributed by atoms with E-state index in [1.54, 1.807) is 7.11 Å². The highest BCUT2D eigenvalue weighted by atomic mass is 35.5. The molecule has 0 aliphatic carbocycles. The van der Waals surface area contributed by atoms with Crippen LogP contribution in [0.5, 0.6) is 5.75 Å². The summed E-state index contributed by atoms with van der Waals surface area (Å²) in [6, 6.07) is 12.3. The highest BCUT2D eigenvalue weighted by molar-refractivity contribution is 7.98. The number of aromatic nitrogens is 3. The fourth-order valence-electron chi connectivity index (χ4n) is 3.44. The minimum atomic E-state index is -0.459. The normalized spacial score (nSPS) is 11.3. The maximum atomic E-state index is 12.1. The minimum Gasteiger partial charge on any atom is -0.508 e. The first-order valence-corrected chi connectivity index (χ1v) is 11.5. The molecule has 2 aromatic heterocycles. The molecule has 1 N–H and O–H groups in total. The minimum absolute atomic E-state index is 0.125. The Bertz CT molecular complexity index is 1300. The number of thioether (sulfide) groups is 1. The van der Waals surface area contributed by atoms with Crippen molar-refractivity contribution >= 4 is 34.3 Å². The number of phenols is 1. The van der Waals surface area contributed by atoms with Crippen LogP contribution in [0, 0.1) is 0 Å². The van der Waals surface area contributed by atoms with E-state index in [4.69, 9.17) is 20.8 Å². The number of aromatic hydroxyl groups is 1. The Hall–Kier alpha value is -2.81. The lowest BCUT2D eigenvalue weighted by Gasteiger charge is -2.11. The van der Waals surface area contributed by atoms with Gasteiger partial charge in [0.1, 0.15) is 11.3 Å². The van der Waals surface area contributed by atoms with Gasteiger partial charge >= 0.3 is 5.63 Å². The number of rotatable bonds is 8. The summed E-state index contributed by atoms with van der Waals surface area (Å²) >= 11 is 7.50. The van der Waals surface area contributed by atoms with Crippen molar-refractivity contribution < 1.29 is 14.3 Å². The van der Waals surface area contributed by atoms with Crippen molar-refractivity contribution in [3.05, 3.63) is 69.0 Å². The van der Waals surface area contributed by atoms with Crippen molar-refractivity contribution in [3.8, 4) is 17.1 Å². The van der Waals surface area contributed by atoms with E-state index in [0.717, 1.165) is 27.9 Å². The zero-order valence-electron chi connectivity index (χ0n) is 17.7. The summed E-state index contributed by atoms with van der Waals surface area (Å²) in [6.07, 6.45) is 0.670. The van der Waals surface area contributed by atoms with Crippen LogP contribution in [0.1, 0.15) is 18.1 Å². The van der Waals surface area contributed by atoms with Gasteiger partial charge in [0.15, 0.2) is 11.0 Å². The molecule has 166 valence electrons. The second-order valence-corrected chi connectivity index (χ2v) is 8.55. The van der Waals surface area contributed by atoms with E-state index in [0.29, 0.717) is 41.1 Å². The molecule has 0 saturated carbocycles. The van der Waals surface area contributed by atoms with Crippen LogP contribution in [-0.2, 0) is 23.5 Å². The number of halogens is 1. The van der Waals surface area contributed by atoms with Gasteiger partial charge in [-0.1, -0.05) is 30.3 Å². The molecule has 9 heteroatoms. The van der Waals surface area contributed by atoms with Crippen molar-refractivity contribution in [2.24, 2.45) is 0 Å². The summed E-state index contributed by atoms with van der Waals surface area (Å²) < 4.78 is 12.6. The summed E-state index contributed by atoms with van der Waals surface area (Å²) in [4.78, 5) is 12.1. The van der Waals surface area contributed by atoms with E-state index in [1.807, 2.05) is 41.8 Å². The van der Waals surface area contributed by atoms with Gasteiger partial charge in [-0.2, -0.15) is 0 Å². The van der Waals surface area contributed by atoms with Gasteiger partial charge in [-0.25, -0.2) is 4.79 Å². The molecule has 32 heavy (non-hydrogen) atoms. The van der Waals surface area contributed by atoms with E-state index < -0.39 is 5.63 Å². The number of hydrogen-bond donors (Lipinski definition) is 1. The van der Waals surface area contributed by atoms with Crippen molar-refractivity contribution in [2.45, 2.75) is 30.8 Å². The molecule has 2 aromatic carbocycles. The Morgan fingerprint density at radius 1 is 1.16 bits per heavy atom. The number of methoxy groups -OCH3 is 1. The zero-order valence-corrected chi connectivity index (χ0v) is 19.2. The molecule has 0 aliphatic rings. The standard InChI is InChI=1S/C23H22ClN3O4S/c1-3-14-10-18-16(11-21(29)31-20(18)12-19(14)28)13-32-23-26-25-22(27(23)8-9-30-2)15-4-6-17(24)7-5-15/h4-7,10-12,28H,3,8-9,13H2,1-2H3. The molecule has 0 bridgehead atoms. The van der Waals surface area contributed by atoms with Crippen molar-refractivity contribution in [1.82, 2.24) is 14.8 Å². The maximum absolute atomic E-state index is 12.1. The lowest BCUT2D eigenvalue weighted by Crippen LogP contribution is -2.08. The van der Waals surface area contributed by atoms with Gasteiger partial charge in [0.05, 0.1) is 13.2 Å². The summed E-state index contributed by atoms with van der Waals surface area (Å²) in [5, 5.41) is 21.1. The Balaban J connectivity index is 1.68. The van der Waals surface area contributed by atoms with E-state index in [2.05, 4.69) is 10.2 Å². The third kappa shape index (κ3) is 4.67. The Morgan fingerprint density at radius 2 is 1.94 bits per heavy atom. The molecule has 7 nitrogen and oxygen atoms in total. The third-order valence-corrected chi connectivity index (χ3v) is 6.37. The predicted molar refractivity (Wildman–Crippen MR) is 125 cm³/mol. The van der Waals surface area contributed by atoms with Gasteiger partial charge < -0.3 is 14.3 Å². The van der Waals surface area contributed by atoms with Crippen LogP contribution < -0.4 is 5.63 Å². The smallest absolute Gasteiger partial charge is 0.336 e. The number of benzene rings is 2. The fourth-order valence-corrected chi connectivity index (χ4v) is 4.53. The summed E-state index contributed by atoms with van der Waals surface area (Å²) in [5.74, 6) is 1.33. The first-order valence-electron chi connectivity index (χ1n) is 10.1. The summed E-state index contributed by atoms with van der Waals surface area (Å²) in [5.41, 5.74) is 2.42. The van der Waals surface area contributed by atoms with Crippen molar-refractivity contribution in [2.75, 3.05) is 13.7 Å². The first-order chi connectivity index (χ1) is 15.5. The van der Waals surface area contributed by atoms with Crippen molar-refractivity contribution in [3.63, 3.8) is 0 Å². The largest absolute Gasteiger partial charge is 0.508 e. The Kier molecular flexibility index (Phi) is 6.83. The third-order valence-electron chi connectivity index (χ3n) is 5.11. The van der Waals surface area contributed by atoms with Gasteiger partial charge in [0.2, 0.25) is 0 Å². The van der Waals surface area contributed by atoms with Crippen LogP contribution in [0.4, 0.5) is 0 Å². The second-order valence-electron chi connectivity index (χ2n) is 7.17. The summed E-state index contributed by atoms with van der Waals surface area (Å²) in [7, 11) is 1.65. The number of fused-ring (bicyclic) bond motifs is 1. The topological polar surface area (TPSA) is 90.4 Å². The molecule has 0 atom stereocenters. The molecule has 0 radical (unpaired) electrons. The number of ether oxygens (including phenoxy) is 1. The predicted octanol–water partition coefficient (Wildman–Crippen LogP) is 4.91. The average molecular weight is 472 g/mol. The molecule has 0 saturated heterocycles. The lowest BCUT2D eigenvalue weighted by molar-refractivity contribution is 0.185. The quantitative estimate of drug-likeness (QED) is 0.288. The van der Waals surface area contributed by atoms with Crippen LogP contribution in [0.25, 0.3) is 22.4 Å². The van der Waals surface area contributed by atoms with Crippen LogP contribution in [-0.4, -0.2) is 33.6 Å². The molecule has 0 fully saturated rings. The van der Waals surface area contributed by atoms with E-state index in [1.165, 1.54) is 23.9 Å². The van der Waals surface area contributed by atoms with Gasteiger partial charge in [-0.05, 0) is 47.9 Å². The zero-order chi connectivity index (χ0) is 22.7. The van der Waals surface area contributed by atoms with E-state index >= 15 is 0 Å². The van der Waals surface area contributed by atoms with E-state index in [9.17, 15) is 9.90 Å².